The highest BCUT2D eigenvalue weighted by Gasteiger charge is 2.46. The summed E-state index contributed by atoms with van der Waals surface area (Å²) in [6.45, 7) is 0.974. The Labute approximate surface area is 238 Å². The Bertz CT molecular complexity index is 1460. The molecule has 0 saturated carbocycles. The number of ether oxygens (including phenoxy) is 1. The molecule has 41 heavy (non-hydrogen) atoms. The fourth-order valence-corrected chi connectivity index (χ4v) is 6.56. The smallest absolute Gasteiger partial charge is 0.413 e. The number of rotatable bonds is 4. The average Bonchev–Trinajstić information content (AvgIpc) is 3.43. The first-order valence-electron chi connectivity index (χ1n) is 13.4. The second-order valence-electron chi connectivity index (χ2n) is 10.5. The largest absolute Gasteiger partial charge is 0.437 e. The van der Waals surface area contributed by atoms with Gasteiger partial charge in [0.15, 0.2) is 11.6 Å². The quantitative estimate of drug-likeness (QED) is 0.473. The number of nitrogens with one attached hydrogen (secondary N) is 2. The lowest BCUT2D eigenvalue weighted by Crippen LogP contribution is -2.55. The van der Waals surface area contributed by atoms with Gasteiger partial charge in [-0.3, -0.25) is 10.1 Å². The second-order valence-corrected chi connectivity index (χ2v) is 11.4. The van der Waals surface area contributed by atoms with E-state index in [9.17, 15) is 23.2 Å². The van der Waals surface area contributed by atoms with E-state index >= 15 is 0 Å². The number of aromatic nitrogens is 2. The number of anilines is 1. The van der Waals surface area contributed by atoms with Crippen molar-refractivity contribution in [1.82, 2.24) is 25.1 Å². The molecular formula is C28H28F2N6O4S. The maximum absolute atomic E-state index is 14.7. The van der Waals surface area contributed by atoms with E-state index in [2.05, 4.69) is 20.6 Å². The SMILES string of the molecule is O=C1Nc2ncccc2C2(CCN(C(=O)N[C@@H]3CC[C@@H](c4cccc(F)c4F)CN(Cc4nccs4)C3=O)CC2)O1. The van der Waals surface area contributed by atoms with E-state index in [-0.39, 0.29) is 31.0 Å². The van der Waals surface area contributed by atoms with Crippen molar-refractivity contribution in [2.75, 3.05) is 25.0 Å². The molecule has 5 heterocycles. The topological polar surface area (TPSA) is 117 Å². The molecule has 1 aromatic carbocycles. The summed E-state index contributed by atoms with van der Waals surface area (Å²) in [5, 5.41) is 8.01. The molecule has 2 saturated heterocycles. The highest BCUT2D eigenvalue weighted by Crippen LogP contribution is 2.42. The van der Waals surface area contributed by atoms with Gasteiger partial charge in [-0.1, -0.05) is 12.1 Å². The molecule has 2 aromatic heterocycles. The standard InChI is InChI=1S/C28H28F2N6O4S/c29-20-5-1-3-18(23(20)30)17-6-7-21(25(37)36(15-17)16-22-31-11-14-41-22)33-26(38)35-12-8-28(9-13-35)19-4-2-10-32-24(19)34-27(39)40-28/h1-5,10-11,14,17,21H,6-9,12-13,15-16H2,(H,33,38)(H,32,34,39)/t17-,21-/m1/s1. The molecule has 0 unspecified atom stereocenters. The van der Waals surface area contributed by atoms with Crippen LogP contribution in [0.15, 0.2) is 48.1 Å². The Morgan fingerprint density at radius 2 is 1.95 bits per heavy atom. The van der Waals surface area contributed by atoms with Gasteiger partial charge in [0.1, 0.15) is 22.5 Å². The molecule has 13 heteroatoms. The molecule has 2 N–H and O–H groups in total. The third-order valence-electron chi connectivity index (χ3n) is 8.05. The minimum absolute atomic E-state index is 0.171. The molecule has 10 nitrogen and oxygen atoms in total. The van der Waals surface area contributed by atoms with Crippen LogP contribution in [0.3, 0.4) is 0 Å². The number of fused-ring (bicyclic) bond motifs is 2. The number of carbonyl (C=O) groups excluding carboxylic acids is 3. The number of hydrogen-bond donors (Lipinski definition) is 2. The minimum atomic E-state index is -0.935. The van der Waals surface area contributed by atoms with Gasteiger partial charge in [0, 0.05) is 61.7 Å². The summed E-state index contributed by atoms with van der Waals surface area (Å²) in [4.78, 5) is 50.9. The average molecular weight is 583 g/mol. The van der Waals surface area contributed by atoms with Gasteiger partial charge in [0.25, 0.3) is 0 Å². The van der Waals surface area contributed by atoms with Crippen molar-refractivity contribution in [2.24, 2.45) is 0 Å². The van der Waals surface area contributed by atoms with Crippen molar-refractivity contribution >= 4 is 35.2 Å². The van der Waals surface area contributed by atoms with E-state index in [1.165, 1.54) is 17.4 Å². The van der Waals surface area contributed by atoms with Crippen molar-refractivity contribution in [3.63, 3.8) is 0 Å². The second kappa shape index (κ2) is 11.0. The number of hydrogen-bond acceptors (Lipinski definition) is 7. The molecule has 3 aliphatic heterocycles. The molecule has 214 valence electrons. The van der Waals surface area contributed by atoms with Gasteiger partial charge >= 0.3 is 12.1 Å². The van der Waals surface area contributed by atoms with Crippen molar-refractivity contribution in [2.45, 2.75) is 49.8 Å². The molecule has 2 fully saturated rings. The van der Waals surface area contributed by atoms with Crippen LogP contribution >= 0.6 is 11.3 Å². The summed E-state index contributed by atoms with van der Waals surface area (Å²) < 4.78 is 34.5. The van der Waals surface area contributed by atoms with E-state index < -0.39 is 41.3 Å². The lowest BCUT2D eigenvalue weighted by molar-refractivity contribution is -0.133. The maximum atomic E-state index is 14.7. The number of halogens is 2. The van der Waals surface area contributed by atoms with Gasteiger partial charge in [0.05, 0.1) is 6.54 Å². The van der Waals surface area contributed by atoms with Crippen LogP contribution in [-0.2, 0) is 21.7 Å². The Balaban J connectivity index is 1.17. The first-order chi connectivity index (χ1) is 19.8. The zero-order valence-electron chi connectivity index (χ0n) is 22.0. The number of pyridine rings is 1. The van der Waals surface area contributed by atoms with Crippen molar-refractivity contribution in [3.05, 3.63) is 75.9 Å². The molecule has 4 amide bonds. The first-order valence-corrected chi connectivity index (χ1v) is 14.3. The van der Waals surface area contributed by atoms with Crippen LogP contribution in [0.5, 0.6) is 0 Å². The van der Waals surface area contributed by atoms with Gasteiger partial charge in [-0.25, -0.2) is 28.3 Å². The zero-order valence-corrected chi connectivity index (χ0v) is 22.8. The Morgan fingerprint density at radius 1 is 1.12 bits per heavy atom. The minimum Gasteiger partial charge on any atom is -0.437 e. The number of amides is 4. The van der Waals surface area contributed by atoms with Crippen molar-refractivity contribution < 1.29 is 27.9 Å². The first kappa shape index (κ1) is 27.1. The third-order valence-corrected chi connectivity index (χ3v) is 8.81. The van der Waals surface area contributed by atoms with Crippen LogP contribution in [0.4, 0.5) is 24.2 Å². The summed E-state index contributed by atoms with van der Waals surface area (Å²) in [5.41, 5.74) is 0.0988. The molecule has 0 radical (unpaired) electrons. The molecule has 3 aromatic rings. The Kier molecular flexibility index (Phi) is 7.28. The number of urea groups is 1. The summed E-state index contributed by atoms with van der Waals surface area (Å²) in [5.74, 6) is -2.15. The van der Waals surface area contributed by atoms with Crippen molar-refractivity contribution in [3.8, 4) is 0 Å². The predicted octanol–water partition coefficient (Wildman–Crippen LogP) is 4.35. The predicted molar refractivity (Wildman–Crippen MR) is 145 cm³/mol. The lowest BCUT2D eigenvalue weighted by Gasteiger charge is -2.43. The maximum Gasteiger partial charge on any atom is 0.413 e. The molecule has 6 rings (SSSR count). The van der Waals surface area contributed by atoms with Gasteiger partial charge < -0.3 is 19.9 Å². The molecule has 0 aliphatic carbocycles. The van der Waals surface area contributed by atoms with Crippen LogP contribution in [0, 0.1) is 11.6 Å². The molecule has 0 bridgehead atoms. The zero-order chi connectivity index (χ0) is 28.6. The Hall–Kier alpha value is -4.13. The lowest BCUT2D eigenvalue weighted by atomic mass is 9.83. The normalized spacial score (nSPS) is 22.0. The molecule has 2 atom stereocenters. The van der Waals surface area contributed by atoms with Crippen LogP contribution in [0.25, 0.3) is 0 Å². The summed E-state index contributed by atoms with van der Waals surface area (Å²) in [7, 11) is 0. The van der Waals surface area contributed by atoms with Crippen LogP contribution < -0.4 is 10.6 Å². The van der Waals surface area contributed by atoms with E-state index in [0.29, 0.717) is 43.2 Å². The van der Waals surface area contributed by atoms with Crippen LogP contribution in [0.1, 0.15) is 47.7 Å². The van der Waals surface area contributed by atoms with Gasteiger partial charge in [0.2, 0.25) is 5.91 Å². The molecular weight excluding hydrogens is 554 g/mol. The van der Waals surface area contributed by atoms with E-state index in [1.54, 1.807) is 39.7 Å². The Morgan fingerprint density at radius 3 is 2.73 bits per heavy atom. The third kappa shape index (κ3) is 5.33. The summed E-state index contributed by atoms with van der Waals surface area (Å²) in [6, 6.07) is 6.45. The monoisotopic (exact) mass is 582 g/mol. The molecule has 1 spiro atoms. The highest BCUT2D eigenvalue weighted by molar-refractivity contribution is 7.09. The number of thiazole rings is 1. The number of benzene rings is 1. The number of carbonyl (C=O) groups is 3. The van der Waals surface area contributed by atoms with Crippen LogP contribution in [0.2, 0.25) is 0 Å². The summed E-state index contributed by atoms with van der Waals surface area (Å²) in [6.07, 6.45) is 4.05. The number of piperidine rings is 1. The van der Waals surface area contributed by atoms with Crippen molar-refractivity contribution in [1.29, 1.82) is 0 Å². The van der Waals surface area contributed by atoms with Gasteiger partial charge in [-0.15, -0.1) is 11.3 Å². The fourth-order valence-electron chi connectivity index (χ4n) is 5.93. The van der Waals surface area contributed by atoms with E-state index in [1.807, 2.05) is 6.07 Å². The number of nitrogens with zero attached hydrogens (tertiary/aromatic N) is 4. The van der Waals surface area contributed by atoms with E-state index in [0.717, 1.165) is 11.6 Å². The highest BCUT2D eigenvalue weighted by atomic mass is 32.1. The van der Waals surface area contributed by atoms with Gasteiger partial charge in [-0.2, -0.15) is 0 Å². The summed E-state index contributed by atoms with van der Waals surface area (Å²) >= 11 is 1.39. The van der Waals surface area contributed by atoms with E-state index in [4.69, 9.17) is 4.74 Å². The van der Waals surface area contributed by atoms with Crippen LogP contribution in [-0.4, -0.2) is 63.5 Å². The fraction of sp³-hybridized carbons (Fsp3) is 0.393. The van der Waals surface area contributed by atoms with Gasteiger partial charge in [-0.05, 0) is 36.6 Å². The molecule has 3 aliphatic rings. The number of likely N-dealkylation sites (tertiary alicyclic amines) is 2.